The number of nitrogens with one attached hydrogen (secondary N) is 2. The van der Waals surface area contributed by atoms with Gasteiger partial charge < -0.3 is 19.5 Å². The highest BCUT2D eigenvalue weighted by atomic mass is 35.5. The first-order chi connectivity index (χ1) is 13.0. The van der Waals surface area contributed by atoms with E-state index >= 15 is 0 Å². The van der Waals surface area contributed by atoms with E-state index in [-0.39, 0.29) is 11.6 Å². The number of benzene rings is 2. The van der Waals surface area contributed by atoms with Crippen molar-refractivity contribution < 1.29 is 19.0 Å². The molecular weight excluding hydrogens is 370 g/mol. The van der Waals surface area contributed by atoms with Crippen LogP contribution in [0.2, 0.25) is 5.02 Å². The van der Waals surface area contributed by atoms with E-state index in [0.717, 1.165) is 5.56 Å². The van der Waals surface area contributed by atoms with Crippen molar-refractivity contribution in [3.8, 4) is 28.5 Å². The number of aromatic nitrogens is 2. The van der Waals surface area contributed by atoms with Crippen LogP contribution in [-0.4, -0.2) is 37.4 Å². The van der Waals surface area contributed by atoms with Crippen LogP contribution in [-0.2, 0) is 0 Å². The van der Waals surface area contributed by atoms with Gasteiger partial charge in [0, 0.05) is 16.7 Å². The Morgan fingerprint density at radius 3 is 2.48 bits per heavy atom. The monoisotopic (exact) mass is 387 g/mol. The number of H-pyrrole nitrogens is 1. The van der Waals surface area contributed by atoms with Crippen molar-refractivity contribution in [1.29, 1.82) is 0 Å². The van der Waals surface area contributed by atoms with E-state index in [0.29, 0.717) is 33.7 Å². The number of halogens is 1. The van der Waals surface area contributed by atoms with Gasteiger partial charge >= 0.3 is 0 Å². The second kappa shape index (κ2) is 8.01. The smallest absolute Gasteiger partial charge is 0.273 e. The predicted molar refractivity (Wildman–Crippen MR) is 103 cm³/mol. The highest BCUT2D eigenvalue weighted by Crippen LogP contribution is 2.33. The lowest BCUT2D eigenvalue weighted by Gasteiger charge is -2.09. The molecule has 0 aliphatic heterocycles. The van der Waals surface area contributed by atoms with E-state index in [9.17, 15) is 4.79 Å². The fraction of sp³-hybridized carbons (Fsp3) is 0.158. The summed E-state index contributed by atoms with van der Waals surface area (Å²) in [6.07, 6.45) is 0. The highest BCUT2D eigenvalue weighted by molar-refractivity contribution is 6.31. The number of hydrogen-bond acceptors (Lipinski definition) is 5. The molecule has 0 aliphatic carbocycles. The van der Waals surface area contributed by atoms with Crippen LogP contribution < -0.4 is 19.5 Å². The van der Waals surface area contributed by atoms with Crippen molar-refractivity contribution in [2.75, 3.05) is 26.6 Å². The summed E-state index contributed by atoms with van der Waals surface area (Å²) in [5.41, 5.74) is 2.05. The van der Waals surface area contributed by atoms with Gasteiger partial charge in [0.2, 0.25) is 0 Å². The molecule has 0 saturated heterocycles. The third kappa shape index (κ3) is 3.98. The average Bonchev–Trinajstić information content (AvgIpc) is 3.17. The van der Waals surface area contributed by atoms with Crippen LogP contribution in [0.25, 0.3) is 11.3 Å². The Balaban J connectivity index is 1.86. The Bertz CT molecular complexity index is 971. The summed E-state index contributed by atoms with van der Waals surface area (Å²) < 4.78 is 15.8. The van der Waals surface area contributed by atoms with E-state index in [1.54, 1.807) is 50.6 Å². The van der Waals surface area contributed by atoms with Gasteiger partial charge in [0.15, 0.2) is 0 Å². The maximum Gasteiger partial charge on any atom is 0.273 e. The SMILES string of the molecule is COc1ccc(-c2cc(C(=O)Nc3cc(Cl)ccc3OC)[nH]n2)c(OC)c1. The van der Waals surface area contributed by atoms with E-state index in [1.165, 1.54) is 7.11 Å². The molecular formula is C19H18ClN3O4. The van der Waals surface area contributed by atoms with E-state index < -0.39 is 0 Å². The molecule has 0 aliphatic rings. The van der Waals surface area contributed by atoms with Gasteiger partial charge in [-0.15, -0.1) is 0 Å². The van der Waals surface area contributed by atoms with Crippen molar-refractivity contribution in [3.63, 3.8) is 0 Å². The van der Waals surface area contributed by atoms with Gasteiger partial charge in [0.05, 0.1) is 32.7 Å². The van der Waals surface area contributed by atoms with Crippen LogP contribution in [0.15, 0.2) is 42.5 Å². The number of anilines is 1. The summed E-state index contributed by atoms with van der Waals surface area (Å²) in [6.45, 7) is 0. The number of hydrogen-bond donors (Lipinski definition) is 2. The van der Waals surface area contributed by atoms with E-state index in [1.807, 2.05) is 6.07 Å². The molecule has 0 spiro atoms. The first-order valence-electron chi connectivity index (χ1n) is 7.98. The minimum atomic E-state index is -0.373. The molecule has 3 rings (SSSR count). The zero-order valence-corrected chi connectivity index (χ0v) is 15.8. The normalized spacial score (nSPS) is 10.4. The zero-order chi connectivity index (χ0) is 19.4. The van der Waals surface area contributed by atoms with Crippen LogP contribution in [0.1, 0.15) is 10.5 Å². The Labute approximate surface area is 161 Å². The lowest BCUT2D eigenvalue weighted by Crippen LogP contribution is -2.13. The van der Waals surface area contributed by atoms with Crippen molar-refractivity contribution in [2.45, 2.75) is 0 Å². The van der Waals surface area contributed by atoms with Gasteiger partial charge in [-0.1, -0.05) is 11.6 Å². The molecule has 1 heterocycles. The second-order valence-corrected chi connectivity index (χ2v) is 5.97. The Hall–Kier alpha value is -3.19. The van der Waals surface area contributed by atoms with Crippen LogP contribution in [0, 0.1) is 0 Å². The van der Waals surface area contributed by atoms with E-state index in [2.05, 4.69) is 15.5 Å². The minimum absolute atomic E-state index is 0.282. The number of carbonyl (C=O) groups is 1. The molecule has 0 bridgehead atoms. The third-order valence-corrected chi connectivity index (χ3v) is 4.15. The van der Waals surface area contributed by atoms with Crippen molar-refractivity contribution >= 4 is 23.2 Å². The molecule has 0 saturated carbocycles. The maximum atomic E-state index is 12.6. The fourth-order valence-corrected chi connectivity index (χ4v) is 2.73. The standard InChI is InChI=1S/C19H18ClN3O4/c1-25-12-5-6-13(18(9-12)27-3)14-10-16(23-22-14)19(24)21-15-8-11(20)4-7-17(15)26-2/h4-10H,1-3H3,(H,21,24)(H,22,23). The Kier molecular flexibility index (Phi) is 5.52. The minimum Gasteiger partial charge on any atom is -0.497 e. The molecule has 2 N–H and O–H groups in total. The Morgan fingerprint density at radius 1 is 1.00 bits per heavy atom. The predicted octanol–water partition coefficient (Wildman–Crippen LogP) is 4.01. The van der Waals surface area contributed by atoms with E-state index in [4.69, 9.17) is 25.8 Å². The molecule has 27 heavy (non-hydrogen) atoms. The summed E-state index contributed by atoms with van der Waals surface area (Å²) >= 11 is 5.99. The van der Waals surface area contributed by atoms with Gasteiger partial charge in [-0.3, -0.25) is 9.89 Å². The second-order valence-electron chi connectivity index (χ2n) is 5.53. The van der Waals surface area contributed by atoms with Gasteiger partial charge in [0.25, 0.3) is 5.91 Å². The van der Waals surface area contributed by atoms with Crippen LogP contribution in [0.3, 0.4) is 0 Å². The summed E-state index contributed by atoms with van der Waals surface area (Å²) in [5, 5.41) is 10.2. The molecule has 8 heteroatoms. The average molecular weight is 388 g/mol. The van der Waals surface area contributed by atoms with Crippen molar-refractivity contribution in [2.24, 2.45) is 0 Å². The number of amides is 1. The molecule has 0 fully saturated rings. The molecule has 0 radical (unpaired) electrons. The summed E-state index contributed by atoms with van der Waals surface area (Å²) in [5.74, 6) is 1.38. The molecule has 1 aromatic heterocycles. The molecule has 2 aromatic carbocycles. The summed E-state index contributed by atoms with van der Waals surface area (Å²) in [4.78, 5) is 12.6. The van der Waals surface area contributed by atoms with Crippen LogP contribution >= 0.6 is 11.6 Å². The number of carbonyl (C=O) groups excluding carboxylic acids is 1. The fourth-order valence-electron chi connectivity index (χ4n) is 2.55. The highest BCUT2D eigenvalue weighted by Gasteiger charge is 2.16. The molecule has 3 aromatic rings. The molecule has 7 nitrogen and oxygen atoms in total. The number of nitrogens with zero attached hydrogens (tertiary/aromatic N) is 1. The molecule has 0 atom stereocenters. The maximum absolute atomic E-state index is 12.6. The molecule has 140 valence electrons. The summed E-state index contributed by atoms with van der Waals surface area (Å²) in [7, 11) is 4.66. The first-order valence-corrected chi connectivity index (χ1v) is 8.36. The third-order valence-electron chi connectivity index (χ3n) is 3.92. The van der Waals surface area contributed by atoms with Gasteiger partial charge in [-0.2, -0.15) is 5.10 Å². The largest absolute Gasteiger partial charge is 0.497 e. The Morgan fingerprint density at radius 2 is 1.78 bits per heavy atom. The van der Waals surface area contributed by atoms with Crippen LogP contribution in [0.5, 0.6) is 17.2 Å². The lowest BCUT2D eigenvalue weighted by molar-refractivity contribution is 0.102. The number of methoxy groups -OCH3 is 3. The van der Waals surface area contributed by atoms with Crippen molar-refractivity contribution in [1.82, 2.24) is 10.2 Å². The van der Waals surface area contributed by atoms with Gasteiger partial charge in [-0.25, -0.2) is 0 Å². The molecule has 0 unspecified atom stereocenters. The zero-order valence-electron chi connectivity index (χ0n) is 15.0. The number of aromatic amines is 1. The van der Waals surface area contributed by atoms with Gasteiger partial charge in [-0.05, 0) is 36.4 Å². The van der Waals surface area contributed by atoms with Crippen LogP contribution in [0.4, 0.5) is 5.69 Å². The summed E-state index contributed by atoms with van der Waals surface area (Å²) in [6, 6.07) is 12.0. The number of ether oxygens (including phenoxy) is 3. The quantitative estimate of drug-likeness (QED) is 0.667. The topological polar surface area (TPSA) is 85.5 Å². The van der Waals surface area contributed by atoms with Gasteiger partial charge in [0.1, 0.15) is 22.9 Å². The molecule has 1 amide bonds. The first kappa shape index (κ1) is 18.6. The number of rotatable bonds is 6. The lowest BCUT2D eigenvalue weighted by atomic mass is 10.1. The van der Waals surface area contributed by atoms with Crippen molar-refractivity contribution in [3.05, 3.63) is 53.2 Å².